The van der Waals surface area contributed by atoms with Crippen molar-refractivity contribution in [1.29, 1.82) is 5.26 Å². The molecular formula is C18H18N2O2. The normalized spacial score (nSPS) is 11.4. The van der Waals surface area contributed by atoms with Crippen molar-refractivity contribution >= 4 is 11.6 Å². The van der Waals surface area contributed by atoms with Crippen LogP contribution in [0.3, 0.4) is 0 Å². The summed E-state index contributed by atoms with van der Waals surface area (Å²) in [7, 11) is 0. The topological polar surface area (TPSA) is 62.1 Å². The minimum atomic E-state index is -0.658. The third kappa shape index (κ3) is 3.86. The monoisotopic (exact) mass is 294 g/mol. The second-order valence-corrected chi connectivity index (χ2v) is 5.21. The Morgan fingerprint density at radius 2 is 2.00 bits per heavy atom. The number of nitriles is 1. The van der Waals surface area contributed by atoms with E-state index in [9.17, 15) is 4.79 Å². The summed E-state index contributed by atoms with van der Waals surface area (Å²) in [4.78, 5) is 12.2. The molecule has 4 heteroatoms. The third-order valence-corrected chi connectivity index (χ3v) is 3.30. The highest BCUT2D eigenvalue weighted by Gasteiger charge is 2.16. The van der Waals surface area contributed by atoms with Gasteiger partial charge in [0.1, 0.15) is 5.75 Å². The van der Waals surface area contributed by atoms with E-state index in [-0.39, 0.29) is 5.91 Å². The van der Waals surface area contributed by atoms with E-state index >= 15 is 0 Å². The molecular weight excluding hydrogens is 276 g/mol. The maximum absolute atomic E-state index is 12.2. The lowest BCUT2D eigenvalue weighted by Crippen LogP contribution is -2.30. The Balaban J connectivity index is 2.06. The second kappa shape index (κ2) is 6.77. The van der Waals surface area contributed by atoms with Crippen LogP contribution in [0.4, 0.5) is 5.69 Å². The first kappa shape index (κ1) is 15.6. The van der Waals surface area contributed by atoms with E-state index in [0.29, 0.717) is 11.3 Å². The average molecular weight is 294 g/mol. The molecule has 4 nitrogen and oxygen atoms in total. The van der Waals surface area contributed by atoms with Gasteiger partial charge in [-0.15, -0.1) is 0 Å². The Hall–Kier alpha value is -2.80. The smallest absolute Gasteiger partial charge is 0.265 e. The van der Waals surface area contributed by atoms with Gasteiger partial charge in [-0.25, -0.2) is 0 Å². The first-order valence-corrected chi connectivity index (χ1v) is 7.04. The molecule has 2 aromatic carbocycles. The molecule has 2 aromatic rings. The zero-order valence-corrected chi connectivity index (χ0v) is 12.9. The van der Waals surface area contributed by atoms with Crippen molar-refractivity contribution in [2.24, 2.45) is 0 Å². The van der Waals surface area contributed by atoms with Gasteiger partial charge in [-0.05, 0) is 56.2 Å². The Kier molecular flexibility index (Phi) is 4.80. The van der Waals surface area contributed by atoms with Gasteiger partial charge in [-0.3, -0.25) is 4.79 Å². The highest BCUT2D eigenvalue weighted by atomic mass is 16.5. The van der Waals surface area contributed by atoms with Crippen LogP contribution < -0.4 is 10.1 Å². The molecule has 0 fully saturated rings. The summed E-state index contributed by atoms with van der Waals surface area (Å²) < 4.78 is 5.60. The number of carbonyl (C=O) groups is 1. The molecule has 0 aliphatic carbocycles. The van der Waals surface area contributed by atoms with Crippen molar-refractivity contribution in [2.45, 2.75) is 26.9 Å². The van der Waals surface area contributed by atoms with Gasteiger partial charge in [0.15, 0.2) is 6.10 Å². The van der Waals surface area contributed by atoms with Crippen LogP contribution in [0.5, 0.6) is 5.75 Å². The molecule has 0 aliphatic heterocycles. The van der Waals surface area contributed by atoms with E-state index < -0.39 is 6.10 Å². The van der Waals surface area contributed by atoms with Crippen LogP contribution in [0.2, 0.25) is 0 Å². The molecule has 1 N–H and O–H groups in total. The van der Waals surface area contributed by atoms with Crippen molar-refractivity contribution in [3.8, 4) is 11.8 Å². The number of hydrogen-bond donors (Lipinski definition) is 1. The minimum Gasteiger partial charge on any atom is -0.481 e. The Bertz CT molecular complexity index is 732. The van der Waals surface area contributed by atoms with E-state index in [1.165, 1.54) is 0 Å². The third-order valence-electron chi connectivity index (χ3n) is 3.30. The van der Waals surface area contributed by atoms with Gasteiger partial charge in [-0.2, -0.15) is 5.26 Å². The number of amides is 1. The largest absolute Gasteiger partial charge is 0.481 e. The first-order valence-electron chi connectivity index (χ1n) is 7.04. The fraction of sp³-hybridized carbons (Fsp3) is 0.222. The van der Waals surface area contributed by atoms with Gasteiger partial charge in [0, 0.05) is 5.69 Å². The van der Waals surface area contributed by atoms with Crippen LogP contribution >= 0.6 is 0 Å². The SMILES string of the molecule is Cc1ccc(C)c(NC(=O)C(C)Oc2cccc(C#N)c2)c1. The van der Waals surface area contributed by atoms with Crippen molar-refractivity contribution in [2.75, 3.05) is 5.32 Å². The lowest BCUT2D eigenvalue weighted by molar-refractivity contribution is -0.122. The lowest BCUT2D eigenvalue weighted by atomic mass is 10.1. The molecule has 22 heavy (non-hydrogen) atoms. The summed E-state index contributed by atoms with van der Waals surface area (Å²) in [5, 5.41) is 11.7. The molecule has 1 unspecified atom stereocenters. The highest BCUT2D eigenvalue weighted by molar-refractivity contribution is 5.94. The number of nitrogens with one attached hydrogen (secondary N) is 1. The van der Waals surface area contributed by atoms with Gasteiger partial charge < -0.3 is 10.1 Å². The number of carbonyl (C=O) groups excluding carboxylic acids is 1. The molecule has 0 aromatic heterocycles. The van der Waals surface area contributed by atoms with Crippen LogP contribution in [-0.2, 0) is 4.79 Å². The Morgan fingerprint density at radius 3 is 2.73 bits per heavy atom. The Morgan fingerprint density at radius 1 is 1.23 bits per heavy atom. The maximum atomic E-state index is 12.2. The first-order chi connectivity index (χ1) is 10.5. The number of anilines is 1. The van der Waals surface area contributed by atoms with Crippen LogP contribution in [0, 0.1) is 25.2 Å². The number of ether oxygens (including phenoxy) is 1. The van der Waals surface area contributed by atoms with Gasteiger partial charge in [0.25, 0.3) is 5.91 Å². The standard InChI is InChI=1S/C18H18N2O2/c1-12-7-8-13(2)17(9-12)20-18(21)14(3)22-16-6-4-5-15(10-16)11-19/h4-10,14H,1-3H3,(H,20,21). The molecule has 0 bridgehead atoms. The highest BCUT2D eigenvalue weighted by Crippen LogP contribution is 2.18. The van der Waals surface area contributed by atoms with E-state index in [0.717, 1.165) is 16.8 Å². The summed E-state index contributed by atoms with van der Waals surface area (Å²) in [5.41, 5.74) is 3.36. The lowest BCUT2D eigenvalue weighted by Gasteiger charge is -2.16. The number of aryl methyl sites for hydroxylation is 2. The fourth-order valence-corrected chi connectivity index (χ4v) is 2.00. The fourth-order valence-electron chi connectivity index (χ4n) is 2.00. The van der Waals surface area contributed by atoms with E-state index in [1.54, 1.807) is 31.2 Å². The number of rotatable bonds is 4. The summed E-state index contributed by atoms with van der Waals surface area (Å²) in [6.45, 7) is 5.60. The van der Waals surface area contributed by atoms with Crippen molar-refractivity contribution < 1.29 is 9.53 Å². The maximum Gasteiger partial charge on any atom is 0.265 e. The molecule has 1 amide bonds. The molecule has 112 valence electrons. The van der Waals surface area contributed by atoms with Crippen LogP contribution in [-0.4, -0.2) is 12.0 Å². The summed E-state index contributed by atoms with van der Waals surface area (Å²) in [5.74, 6) is 0.277. The Labute approximate surface area is 130 Å². The van der Waals surface area contributed by atoms with Crippen LogP contribution in [0.1, 0.15) is 23.6 Å². The van der Waals surface area contributed by atoms with E-state index in [4.69, 9.17) is 10.00 Å². The zero-order chi connectivity index (χ0) is 16.1. The number of nitrogens with zero attached hydrogens (tertiary/aromatic N) is 1. The van der Waals surface area contributed by atoms with Crippen LogP contribution in [0.15, 0.2) is 42.5 Å². The predicted octanol–water partition coefficient (Wildman–Crippen LogP) is 3.58. The van der Waals surface area contributed by atoms with Crippen molar-refractivity contribution in [3.05, 3.63) is 59.2 Å². The molecule has 0 aliphatic rings. The predicted molar refractivity (Wildman–Crippen MR) is 85.8 cm³/mol. The van der Waals surface area contributed by atoms with Gasteiger partial charge in [0.05, 0.1) is 11.6 Å². The molecule has 1 atom stereocenters. The van der Waals surface area contributed by atoms with Crippen LogP contribution in [0.25, 0.3) is 0 Å². The summed E-state index contributed by atoms with van der Waals surface area (Å²) >= 11 is 0. The van der Waals surface area contributed by atoms with Gasteiger partial charge in [-0.1, -0.05) is 18.2 Å². The molecule has 0 radical (unpaired) electrons. The average Bonchev–Trinajstić information content (AvgIpc) is 2.51. The van der Waals surface area contributed by atoms with E-state index in [2.05, 4.69) is 5.32 Å². The molecule has 0 saturated carbocycles. The second-order valence-electron chi connectivity index (χ2n) is 5.21. The number of hydrogen-bond acceptors (Lipinski definition) is 3. The zero-order valence-electron chi connectivity index (χ0n) is 12.9. The van der Waals surface area contributed by atoms with Gasteiger partial charge >= 0.3 is 0 Å². The molecule has 0 spiro atoms. The minimum absolute atomic E-state index is 0.226. The summed E-state index contributed by atoms with van der Waals surface area (Å²) in [6.07, 6.45) is -0.658. The quantitative estimate of drug-likeness (QED) is 0.937. The van der Waals surface area contributed by atoms with Gasteiger partial charge in [0.2, 0.25) is 0 Å². The van der Waals surface area contributed by atoms with Crippen molar-refractivity contribution in [1.82, 2.24) is 0 Å². The molecule has 0 saturated heterocycles. The summed E-state index contributed by atoms with van der Waals surface area (Å²) in [6, 6.07) is 14.7. The van der Waals surface area contributed by atoms with Crippen molar-refractivity contribution in [3.63, 3.8) is 0 Å². The molecule has 2 rings (SSSR count). The molecule has 0 heterocycles. The number of benzene rings is 2. The van der Waals surface area contributed by atoms with E-state index in [1.807, 2.05) is 38.1 Å².